The van der Waals surface area contributed by atoms with Crippen molar-refractivity contribution in [2.45, 2.75) is 13.3 Å². The monoisotopic (exact) mass is 474 g/mol. The van der Waals surface area contributed by atoms with E-state index in [1.165, 1.54) is 18.4 Å². The van der Waals surface area contributed by atoms with Crippen LogP contribution < -0.4 is 10.9 Å². The summed E-state index contributed by atoms with van der Waals surface area (Å²) >= 11 is 1.17. The van der Waals surface area contributed by atoms with Gasteiger partial charge in [0.2, 0.25) is 0 Å². The van der Waals surface area contributed by atoms with Crippen LogP contribution in [0.1, 0.15) is 23.0 Å². The normalized spacial score (nSPS) is 10.6. The van der Waals surface area contributed by atoms with Gasteiger partial charge in [0.1, 0.15) is 5.56 Å². The highest BCUT2D eigenvalue weighted by Gasteiger charge is 2.25. The Morgan fingerprint density at radius 3 is 2.32 bits per heavy atom. The average molecular weight is 475 g/mol. The van der Waals surface area contributed by atoms with Crippen molar-refractivity contribution in [3.05, 3.63) is 87.7 Å². The summed E-state index contributed by atoms with van der Waals surface area (Å²) in [6, 6.07) is 18.6. The van der Waals surface area contributed by atoms with Gasteiger partial charge in [0.05, 0.1) is 24.4 Å². The molecule has 0 radical (unpaired) electrons. The predicted octanol–water partition coefficient (Wildman–Crippen LogP) is 3.93. The van der Waals surface area contributed by atoms with E-state index in [1.807, 2.05) is 60.7 Å². The number of nitrogens with zero attached hydrogens (tertiary/aromatic N) is 3. The van der Waals surface area contributed by atoms with Gasteiger partial charge in [-0.25, -0.2) is 9.67 Å². The van der Waals surface area contributed by atoms with Gasteiger partial charge in [0.25, 0.3) is 11.5 Å². The van der Waals surface area contributed by atoms with Crippen LogP contribution in [0.25, 0.3) is 22.4 Å². The van der Waals surface area contributed by atoms with Gasteiger partial charge >= 0.3 is 5.97 Å². The van der Waals surface area contributed by atoms with Gasteiger partial charge < -0.3 is 4.74 Å². The lowest BCUT2D eigenvalue weighted by atomic mass is 9.95. The number of carbonyl (C=O) groups excluding carboxylic acids is 2. The van der Waals surface area contributed by atoms with E-state index in [0.29, 0.717) is 22.5 Å². The maximum Gasteiger partial charge on any atom is 0.311 e. The zero-order valence-electron chi connectivity index (χ0n) is 18.6. The van der Waals surface area contributed by atoms with Crippen LogP contribution in [0.2, 0.25) is 0 Å². The van der Waals surface area contributed by atoms with Gasteiger partial charge in [0.15, 0.2) is 5.13 Å². The molecular weight excluding hydrogens is 452 g/mol. The summed E-state index contributed by atoms with van der Waals surface area (Å²) in [7, 11) is 1.52. The lowest BCUT2D eigenvalue weighted by Gasteiger charge is -2.15. The number of hydrogen-bond acceptors (Lipinski definition) is 7. The smallest absolute Gasteiger partial charge is 0.311 e. The first kappa shape index (κ1) is 23.1. The van der Waals surface area contributed by atoms with Gasteiger partial charge in [-0.05, 0) is 12.5 Å². The molecule has 9 heteroatoms. The van der Waals surface area contributed by atoms with E-state index < -0.39 is 17.4 Å². The number of amides is 1. The summed E-state index contributed by atoms with van der Waals surface area (Å²) in [5.41, 5.74) is 2.34. The minimum Gasteiger partial charge on any atom is -0.466 e. The van der Waals surface area contributed by atoms with E-state index in [4.69, 9.17) is 4.74 Å². The van der Waals surface area contributed by atoms with Crippen LogP contribution in [0, 0.1) is 0 Å². The molecule has 1 amide bonds. The van der Waals surface area contributed by atoms with Crippen molar-refractivity contribution in [1.29, 1.82) is 0 Å². The number of carbonyl (C=O) groups is 2. The van der Waals surface area contributed by atoms with Crippen LogP contribution in [0.3, 0.4) is 0 Å². The molecule has 0 aliphatic heterocycles. The Morgan fingerprint density at radius 2 is 1.68 bits per heavy atom. The van der Waals surface area contributed by atoms with E-state index in [2.05, 4.69) is 15.4 Å². The summed E-state index contributed by atoms with van der Waals surface area (Å²) in [6.45, 7) is 2.01. The molecule has 0 atom stereocenters. The van der Waals surface area contributed by atoms with Crippen molar-refractivity contribution in [1.82, 2.24) is 14.8 Å². The molecule has 0 bridgehead atoms. The zero-order valence-corrected chi connectivity index (χ0v) is 19.5. The summed E-state index contributed by atoms with van der Waals surface area (Å²) in [5, 5.41) is 9.15. The predicted molar refractivity (Wildman–Crippen MR) is 131 cm³/mol. The molecule has 0 saturated heterocycles. The van der Waals surface area contributed by atoms with E-state index in [-0.39, 0.29) is 23.7 Å². The Kier molecular flexibility index (Phi) is 6.93. The number of aromatic nitrogens is 3. The molecule has 2 heterocycles. The third-order valence-corrected chi connectivity index (χ3v) is 5.79. The highest BCUT2D eigenvalue weighted by Crippen LogP contribution is 2.32. The molecule has 34 heavy (non-hydrogen) atoms. The van der Waals surface area contributed by atoms with Crippen LogP contribution in [-0.4, -0.2) is 33.2 Å². The van der Waals surface area contributed by atoms with Crippen molar-refractivity contribution >= 4 is 28.3 Å². The third-order valence-electron chi connectivity index (χ3n) is 4.98. The Bertz CT molecular complexity index is 1380. The number of anilines is 1. The van der Waals surface area contributed by atoms with Gasteiger partial charge in [-0.2, -0.15) is 5.10 Å². The molecule has 0 fully saturated rings. The first-order chi connectivity index (χ1) is 16.5. The van der Waals surface area contributed by atoms with Crippen LogP contribution in [-0.2, 0) is 23.0 Å². The Hall–Kier alpha value is -4.11. The molecule has 0 unspecified atom stereocenters. The fourth-order valence-corrected chi connectivity index (χ4v) is 4.20. The molecule has 0 aliphatic rings. The summed E-state index contributed by atoms with van der Waals surface area (Å²) in [6.07, 6.45) is 0.00462. The van der Waals surface area contributed by atoms with Crippen LogP contribution >= 0.6 is 11.3 Å². The van der Waals surface area contributed by atoms with Crippen molar-refractivity contribution in [3.8, 4) is 22.4 Å². The average Bonchev–Trinajstić information content (AvgIpc) is 3.27. The number of thiazole rings is 1. The maximum absolute atomic E-state index is 13.4. The topological polar surface area (TPSA) is 103 Å². The number of nitrogens with one attached hydrogen (secondary N) is 1. The summed E-state index contributed by atoms with van der Waals surface area (Å²) < 4.78 is 6.11. The highest BCUT2D eigenvalue weighted by molar-refractivity contribution is 7.14. The third kappa shape index (κ3) is 4.94. The fourth-order valence-electron chi connectivity index (χ4n) is 3.49. The van der Waals surface area contributed by atoms with Crippen molar-refractivity contribution in [2.75, 3.05) is 11.9 Å². The number of hydrogen-bond donors (Lipinski definition) is 1. The molecule has 4 aromatic rings. The fraction of sp³-hybridized carbons (Fsp3) is 0.160. The standard InChI is InChI=1S/C25H22N4O4S/c1-3-33-19(30)14-18-15-34-25(26-18)27-23(31)21-20(16-10-6-4-7-11-16)22(28-29(2)24(21)32)17-12-8-5-9-13-17/h4-13,15H,3,14H2,1-2H3,(H,26,27,31). The second kappa shape index (κ2) is 10.2. The molecule has 4 rings (SSSR count). The van der Waals surface area contributed by atoms with Gasteiger partial charge in [-0.15, -0.1) is 11.3 Å². The molecule has 0 saturated carbocycles. The first-order valence-corrected chi connectivity index (χ1v) is 11.5. The number of esters is 1. The molecule has 8 nitrogen and oxygen atoms in total. The van der Waals surface area contributed by atoms with E-state index in [1.54, 1.807) is 12.3 Å². The molecular formula is C25H22N4O4S. The molecule has 2 aromatic carbocycles. The number of rotatable bonds is 7. The summed E-state index contributed by atoms with van der Waals surface area (Å²) in [4.78, 5) is 42.6. The Morgan fingerprint density at radius 1 is 1.03 bits per heavy atom. The minimum atomic E-state index is -0.601. The molecule has 0 aliphatic carbocycles. The summed E-state index contributed by atoms with van der Waals surface area (Å²) in [5.74, 6) is -0.997. The Labute approximate surface area is 199 Å². The van der Waals surface area contributed by atoms with Crippen molar-refractivity contribution in [3.63, 3.8) is 0 Å². The number of benzene rings is 2. The molecule has 2 aromatic heterocycles. The first-order valence-electron chi connectivity index (χ1n) is 10.6. The minimum absolute atomic E-state index is 0.00462. The van der Waals surface area contributed by atoms with E-state index in [9.17, 15) is 14.4 Å². The van der Waals surface area contributed by atoms with Gasteiger partial charge in [0, 0.05) is 23.6 Å². The molecule has 1 N–H and O–H groups in total. The quantitative estimate of drug-likeness (QED) is 0.407. The van der Waals surface area contributed by atoms with Crippen molar-refractivity contribution < 1.29 is 14.3 Å². The van der Waals surface area contributed by atoms with Crippen LogP contribution in [0.15, 0.2) is 70.8 Å². The number of aryl methyl sites for hydroxylation is 1. The highest BCUT2D eigenvalue weighted by atomic mass is 32.1. The Balaban J connectivity index is 1.78. The van der Waals surface area contributed by atoms with E-state index >= 15 is 0 Å². The molecule has 0 spiro atoms. The maximum atomic E-state index is 13.4. The number of ether oxygens (including phenoxy) is 1. The van der Waals surface area contributed by atoms with Gasteiger partial charge in [-0.1, -0.05) is 60.7 Å². The lowest BCUT2D eigenvalue weighted by molar-refractivity contribution is -0.142. The van der Waals surface area contributed by atoms with Crippen molar-refractivity contribution in [2.24, 2.45) is 7.05 Å². The van der Waals surface area contributed by atoms with Crippen LogP contribution in [0.5, 0.6) is 0 Å². The second-order valence-corrected chi connectivity index (χ2v) is 8.20. The zero-order chi connectivity index (χ0) is 24.1. The lowest BCUT2D eigenvalue weighted by Crippen LogP contribution is -2.31. The van der Waals surface area contributed by atoms with Gasteiger partial charge in [-0.3, -0.25) is 19.7 Å². The SMILES string of the molecule is CCOC(=O)Cc1csc(NC(=O)c2c(-c3ccccc3)c(-c3ccccc3)nn(C)c2=O)n1. The van der Waals surface area contributed by atoms with E-state index in [0.717, 1.165) is 10.2 Å². The largest absolute Gasteiger partial charge is 0.466 e. The van der Waals surface area contributed by atoms with Crippen LogP contribution in [0.4, 0.5) is 5.13 Å². The molecule has 172 valence electrons. The second-order valence-electron chi connectivity index (χ2n) is 7.34.